The predicted molar refractivity (Wildman–Crippen MR) is 55.0 cm³/mol. The third-order valence-corrected chi connectivity index (χ3v) is 2.45. The Balaban J connectivity index is 2.44. The van der Waals surface area contributed by atoms with Gasteiger partial charge >= 0.3 is 0 Å². The van der Waals surface area contributed by atoms with Crippen LogP contribution < -0.4 is 0 Å². The van der Waals surface area contributed by atoms with Crippen LogP contribution in [0.4, 0.5) is 0 Å². The summed E-state index contributed by atoms with van der Waals surface area (Å²) >= 11 is 0. The molecule has 0 aromatic carbocycles. The molecule has 5 heteroatoms. The minimum atomic E-state index is 0.848. The van der Waals surface area contributed by atoms with Gasteiger partial charge in [0.25, 0.3) is 0 Å². The van der Waals surface area contributed by atoms with Crippen LogP contribution in [0.15, 0.2) is 0 Å². The van der Waals surface area contributed by atoms with E-state index >= 15 is 0 Å². The second-order valence-electron chi connectivity index (χ2n) is 3.19. The summed E-state index contributed by atoms with van der Waals surface area (Å²) in [5, 5.41) is 11.6. The summed E-state index contributed by atoms with van der Waals surface area (Å²) in [5.41, 5.74) is 0. The van der Waals surface area contributed by atoms with Crippen LogP contribution in [0, 0.1) is 0 Å². The van der Waals surface area contributed by atoms with Crippen molar-refractivity contribution in [2.24, 2.45) is 0 Å². The Morgan fingerprint density at radius 2 is 1.93 bits per heavy atom. The fourth-order valence-electron chi connectivity index (χ4n) is 1.45. The maximum Gasteiger partial charge on any atom is 0.152 e. The van der Waals surface area contributed by atoms with Crippen molar-refractivity contribution in [1.29, 1.82) is 0 Å². The van der Waals surface area contributed by atoms with Crippen LogP contribution in [0.25, 0.3) is 0 Å². The summed E-state index contributed by atoms with van der Waals surface area (Å²) in [6, 6.07) is 0. The van der Waals surface area contributed by atoms with Crippen molar-refractivity contribution in [3.63, 3.8) is 0 Å². The Bertz CT molecular complexity index is 253. The van der Waals surface area contributed by atoms with Crippen molar-refractivity contribution in [2.75, 3.05) is 19.6 Å². The third-order valence-electron chi connectivity index (χ3n) is 2.45. The highest BCUT2D eigenvalue weighted by atomic mass is 15.5. The molecule has 0 aliphatic heterocycles. The molecule has 0 saturated carbocycles. The summed E-state index contributed by atoms with van der Waals surface area (Å²) in [6.45, 7) is 10.5. The predicted octanol–water partition coefficient (Wildman–Crippen LogP) is 0.577. The largest absolute Gasteiger partial charge is 0.303 e. The van der Waals surface area contributed by atoms with E-state index in [0.717, 1.165) is 38.4 Å². The van der Waals surface area contributed by atoms with Crippen LogP contribution in [0.2, 0.25) is 0 Å². The van der Waals surface area contributed by atoms with Gasteiger partial charge in [-0.25, -0.2) is 4.68 Å². The first-order valence-electron chi connectivity index (χ1n) is 5.29. The lowest BCUT2D eigenvalue weighted by Gasteiger charge is -2.16. The molecular weight excluding hydrogens is 178 g/mol. The number of hydrogen-bond donors (Lipinski definition) is 0. The molecule has 0 radical (unpaired) electrons. The van der Waals surface area contributed by atoms with Gasteiger partial charge in [0.2, 0.25) is 0 Å². The van der Waals surface area contributed by atoms with Gasteiger partial charge in [-0.1, -0.05) is 13.8 Å². The molecule has 0 N–H and O–H groups in total. The van der Waals surface area contributed by atoms with Gasteiger partial charge in [0, 0.05) is 19.5 Å². The zero-order chi connectivity index (χ0) is 10.4. The van der Waals surface area contributed by atoms with E-state index in [1.54, 1.807) is 0 Å². The summed E-state index contributed by atoms with van der Waals surface area (Å²) in [5.74, 6) is 0.986. The highest BCUT2D eigenvalue weighted by Gasteiger charge is 2.06. The standard InChI is InChI=1S/C9H19N5/c1-4-13(5-2)8-7-9-10-11-12-14(9)6-3/h4-8H2,1-3H3. The maximum absolute atomic E-state index is 4.00. The molecule has 0 atom stereocenters. The van der Waals surface area contributed by atoms with Crippen molar-refractivity contribution in [1.82, 2.24) is 25.1 Å². The smallest absolute Gasteiger partial charge is 0.152 e. The Kier molecular flexibility index (Phi) is 4.52. The minimum Gasteiger partial charge on any atom is -0.303 e. The van der Waals surface area contributed by atoms with Crippen molar-refractivity contribution in [3.05, 3.63) is 5.82 Å². The first-order valence-corrected chi connectivity index (χ1v) is 5.29. The second kappa shape index (κ2) is 5.70. The molecule has 1 heterocycles. The zero-order valence-electron chi connectivity index (χ0n) is 9.27. The quantitative estimate of drug-likeness (QED) is 0.669. The minimum absolute atomic E-state index is 0.848. The molecule has 0 amide bonds. The molecule has 14 heavy (non-hydrogen) atoms. The summed E-state index contributed by atoms with van der Waals surface area (Å²) in [7, 11) is 0. The molecule has 0 unspecified atom stereocenters. The van der Waals surface area contributed by atoms with E-state index in [-0.39, 0.29) is 0 Å². The average Bonchev–Trinajstić information content (AvgIpc) is 2.67. The van der Waals surface area contributed by atoms with Gasteiger partial charge in [0.15, 0.2) is 5.82 Å². The summed E-state index contributed by atoms with van der Waals surface area (Å²) in [6.07, 6.45) is 0.933. The lowest BCUT2D eigenvalue weighted by atomic mass is 10.3. The molecule has 0 aliphatic rings. The number of nitrogens with zero attached hydrogens (tertiary/aromatic N) is 5. The molecule has 0 saturated heterocycles. The topological polar surface area (TPSA) is 46.8 Å². The molecule has 1 rings (SSSR count). The molecule has 0 aliphatic carbocycles. The van der Waals surface area contributed by atoms with E-state index in [2.05, 4.69) is 41.2 Å². The molecule has 1 aromatic rings. The summed E-state index contributed by atoms with van der Waals surface area (Å²) < 4.78 is 1.85. The van der Waals surface area contributed by atoms with Gasteiger partial charge in [-0.3, -0.25) is 0 Å². The Labute approximate surface area is 85.1 Å². The number of hydrogen-bond acceptors (Lipinski definition) is 4. The number of aromatic nitrogens is 4. The van der Waals surface area contributed by atoms with Gasteiger partial charge in [0.05, 0.1) is 0 Å². The molecule has 0 spiro atoms. The summed E-state index contributed by atoms with van der Waals surface area (Å²) in [4.78, 5) is 2.37. The van der Waals surface area contributed by atoms with E-state index in [1.807, 2.05) is 4.68 Å². The second-order valence-corrected chi connectivity index (χ2v) is 3.19. The number of aryl methyl sites for hydroxylation is 1. The van der Waals surface area contributed by atoms with Crippen LogP contribution >= 0.6 is 0 Å². The lowest BCUT2D eigenvalue weighted by molar-refractivity contribution is 0.303. The highest BCUT2D eigenvalue weighted by molar-refractivity contribution is 4.81. The molecule has 80 valence electrons. The first-order chi connectivity index (χ1) is 6.81. The third kappa shape index (κ3) is 2.77. The van der Waals surface area contributed by atoms with Crippen molar-refractivity contribution in [2.45, 2.75) is 33.7 Å². The molecule has 0 fully saturated rings. The van der Waals surface area contributed by atoms with Crippen LogP contribution in [0.5, 0.6) is 0 Å². The fraction of sp³-hybridized carbons (Fsp3) is 0.889. The molecular formula is C9H19N5. The first kappa shape index (κ1) is 11.1. The Hall–Kier alpha value is -0.970. The number of tetrazole rings is 1. The van der Waals surface area contributed by atoms with E-state index in [4.69, 9.17) is 0 Å². The lowest BCUT2D eigenvalue weighted by Crippen LogP contribution is -2.26. The normalized spacial score (nSPS) is 11.1. The molecule has 0 bridgehead atoms. The van der Waals surface area contributed by atoms with Gasteiger partial charge < -0.3 is 4.90 Å². The van der Waals surface area contributed by atoms with Crippen molar-refractivity contribution in [3.8, 4) is 0 Å². The van der Waals surface area contributed by atoms with E-state index in [1.165, 1.54) is 0 Å². The number of rotatable bonds is 6. The van der Waals surface area contributed by atoms with Crippen molar-refractivity contribution >= 4 is 0 Å². The highest BCUT2D eigenvalue weighted by Crippen LogP contribution is 1.96. The molecule has 5 nitrogen and oxygen atoms in total. The maximum atomic E-state index is 4.00. The van der Waals surface area contributed by atoms with E-state index in [0.29, 0.717) is 0 Å². The number of likely N-dealkylation sites (N-methyl/N-ethyl adjacent to an activating group) is 1. The van der Waals surface area contributed by atoms with E-state index < -0.39 is 0 Å². The fourth-order valence-corrected chi connectivity index (χ4v) is 1.45. The van der Waals surface area contributed by atoms with Gasteiger partial charge in [-0.2, -0.15) is 0 Å². The average molecular weight is 197 g/mol. The monoisotopic (exact) mass is 197 g/mol. The SMILES string of the molecule is CCN(CC)CCc1nnnn1CC. The van der Waals surface area contributed by atoms with Crippen LogP contribution in [-0.4, -0.2) is 44.7 Å². The van der Waals surface area contributed by atoms with Crippen molar-refractivity contribution < 1.29 is 0 Å². The van der Waals surface area contributed by atoms with Crippen LogP contribution in [-0.2, 0) is 13.0 Å². The van der Waals surface area contributed by atoms with Gasteiger partial charge in [-0.15, -0.1) is 5.10 Å². The Morgan fingerprint density at radius 3 is 2.50 bits per heavy atom. The Morgan fingerprint density at radius 1 is 1.21 bits per heavy atom. The van der Waals surface area contributed by atoms with Crippen LogP contribution in [0.1, 0.15) is 26.6 Å². The molecule has 1 aromatic heterocycles. The van der Waals surface area contributed by atoms with Gasteiger partial charge in [-0.05, 0) is 30.4 Å². The van der Waals surface area contributed by atoms with Crippen LogP contribution in [0.3, 0.4) is 0 Å². The zero-order valence-corrected chi connectivity index (χ0v) is 9.27. The van der Waals surface area contributed by atoms with E-state index in [9.17, 15) is 0 Å². The van der Waals surface area contributed by atoms with Gasteiger partial charge in [0.1, 0.15) is 0 Å².